The fraction of sp³-hybridized carbons (Fsp3) is 0.417. The molecule has 2 aromatic carbocycles. The van der Waals surface area contributed by atoms with Gasteiger partial charge in [0.15, 0.2) is 0 Å². The van der Waals surface area contributed by atoms with Crippen molar-refractivity contribution in [3.63, 3.8) is 0 Å². The molecule has 3 heteroatoms. The van der Waals surface area contributed by atoms with E-state index < -0.39 is 0 Å². The van der Waals surface area contributed by atoms with Gasteiger partial charge in [-0.25, -0.2) is 0 Å². The van der Waals surface area contributed by atoms with Gasteiger partial charge in [-0.3, -0.25) is 0 Å². The molecule has 1 aliphatic rings. The van der Waals surface area contributed by atoms with Gasteiger partial charge < -0.3 is 14.8 Å². The molecule has 0 bridgehead atoms. The Balaban J connectivity index is 1.57. The Kier molecular flexibility index (Phi) is 6.33. The first-order chi connectivity index (χ1) is 13.0. The monoisotopic (exact) mass is 364 g/mol. The molecule has 0 spiro atoms. The Morgan fingerprint density at radius 2 is 2.00 bits per heavy atom. The van der Waals surface area contributed by atoms with Gasteiger partial charge in [-0.2, -0.15) is 0 Å². The van der Waals surface area contributed by atoms with Crippen LogP contribution in [0, 0.1) is 11.8 Å². The highest BCUT2D eigenvalue weighted by Gasteiger charge is 2.38. The van der Waals surface area contributed by atoms with E-state index in [4.69, 9.17) is 0 Å². The van der Waals surface area contributed by atoms with Crippen LogP contribution in [0.3, 0.4) is 0 Å². The minimum atomic E-state index is 0.0562. The second kappa shape index (κ2) is 8.71. The molecule has 1 radical (unpaired) electrons. The van der Waals surface area contributed by atoms with Gasteiger partial charge in [-0.05, 0) is 60.4 Å². The number of hydrogen-bond donors (Lipinski definition) is 1. The Labute approximate surface area is 163 Å². The van der Waals surface area contributed by atoms with Gasteiger partial charge in [0, 0.05) is 13.1 Å². The smallest absolute Gasteiger partial charge is 0.128 e. The van der Waals surface area contributed by atoms with Gasteiger partial charge >= 0.3 is 0 Å². The lowest BCUT2D eigenvalue weighted by Crippen LogP contribution is -2.48. The largest absolute Gasteiger partial charge is 0.508 e. The molecular formula is C24H30NO2. The first-order valence-corrected chi connectivity index (χ1v) is 9.87. The van der Waals surface area contributed by atoms with E-state index in [1.165, 1.54) is 11.1 Å². The molecule has 3 rings (SSSR count). The van der Waals surface area contributed by atoms with Crippen molar-refractivity contribution in [1.29, 1.82) is 0 Å². The Bertz CT molecular complexity index is 745. The maximum absolute atomic E-state index is 11.6. The van der Waals surface area contributed by atoms with Crippen LogP contribution in [-0.2, 0) is 16.6 Å². The molecule has 1 fully saturated rings. The number of phenols is 1. The van der Waals surface area contributed by atoms with Crippen molar-refractivity contribution in [2.45, 2.75) is 38.5 Å². The maximum atomic E-state index is 11.6. The fourth-order valence-electron chi connectivity index (χ4n) is 4.16. The van der Waals surface area contributed by atoms with Gasteiger partial charge in [0.25, 0.3) is 0 Å². The number of phenolic OH excluding ortho intramolecular Hbond substituents is 1. The summed E-state index contributed by atoms with van der Waals surface area (Å²) in [5.41, 5.74) is 2.54. The average Bonchev–Trinajstić information content (AvgIpc) is 2.68. The van der Waals surface area contributed by atoms with E-state index >= 15 is 0 Å². The third-order valence-corrected chi connectivity index (χ3v) is 6.24. The molecule has 3 nitrogen and oxygen atoms in total. The van der Waals surface area contributed by atoms with E-state index in [1.807, 2.05) is 30.3 Å². The highest BCUT2D eigenvalue weighted by Crippen LogP contribution is 2.40. The highest BCUT2D eigenvalue weighted by atomic mass is 16.3. The van der Waals surface area contributed by atoms with Crippen molar-refractivity contribution < 1.29 is 9.90 Å². The van der Waals surface area contributed by atoms with Gasteiger partial charge in [0.1, 0.15) is 12.0 Å². The molecule has 1 heterocycles. The number of benzene rings is 2. The number of carbonyl (C=O) groups excluding carboxylic acids is 1. The summed E-state index contributed by atoms with van der Waals surface area (Å²) in [7, 11) is 0. The average molecular weight is 365 g/mol. The van der Waals surface area contributed by atoms with Crippen LogP contribution < -0.4 is 0 Å². The van der Waals surface area contributed by atoms with Crippen molar-refractivity contribution in [3.05, 3.63) is 71.6 Å². The molecule has 2 aromatic rings. The molecule has 0 aliphatic carbocycles. The van der Waals surface area contributed by atoms with Crippen LogP contribution in [0.2, 0.25) is 0 Å². The predicted octanol–water partition coefficient (Wildman–Crippen LogP) is 4.40. The summed E-state index contributed by atoms with van der Waals surface area (Å²) in [6.07, 6.45) is 3.82. The number of likely N-dealkylation sites (tertiary alicyclic amines) is 1. The van der Waals surface area contributed by atoms with Gasteiger partial charge in [-0.15, -0.1) is 0 Å². The van der Waals surface area contributed by atoms with Crippen molar-refractivity contribution >= 4 is 6.29 Å². The maximum Gasteiger partial charge on any atom is 0.128 e. The van der Waals surface area contributed by atoms with Crippen molar-refractivity contribution in [2.75, 3.05) is 19.6 Å². The quantitative estimate of drug-likeness (QED) is 0.741. The Hall–Kier alpha value is -2.13. The summed E-state index contributed by atoms with van der Waals surface area (Å²) in [5, 5.41) is 9.85. The lowest BCUT2D eigenvalue weighted by Gasteiger charge is -2.45. The summed E-state index contributed by atoms with van der Waals surface area (Å²) >= 11 is 0. The molecule has 1 saturated heterocycles. The zero-order valence-corrected chi connectivity index (χ0v) is 16.4. The normalized spacial score (nSPS) is 23.4. The molecule has 0 aromatic heterocycles. The molecular weight excluding hydrogens is 334 g/mol. The predicted molar refractivity (Wildman–Crippen MR) is 110 cm³/mol. The first-order valence-electron chi connectivity index (χ1n) is 9.87. The van der Waals surface area contributed by atoms with Crippen LogP contribution in [0.1, 0.15) is 37.8 Å². The van der Waals surface area contributed by atoms with Crippen molar-refractivity contribution in [3.8, 4) is 5.75 Å². The van der Waals surface area contributed by atoms with Crippen LogP contribution in [0.25, 0.3) is 0 Å². The summed E-state index contributed by atoms with van der Waals surface area (Å²) in [6, 6.07) is 18.0. The SMILES string of the molecule is CC1CN(C[C](C=O)CCc2ccccc2)CCC1(C)c1cccc(O)c1. The summed E-state index contributed by atoms with van der Waals surface area (Å²) in [6.45, 7) is 7.27. The van der Waals surface area contributed by atoms with Crippen LogP contribution in [0.15, 0.2) is 54.6 Å². The number of aldehydes is 1. The Morgan fingerprint density at radius 1 is 1.22 bits per heavy atom. The fourth-order valence-corrected chi connectivity index (χ4v) is 4.16. The third-order valence-electron chi connectivity index (χ3n) is 6.24. The molecule has 2 unspecified atom stereocenters. The van der Waals surface area contributed by atoms with Crippen molar-refractivity contribution in [2.24, 2.45) is 5.92 Å². The van der Waals surface area contributed by atoms with Crippen LogP contribution >= 0.6 is 0 Å². The minimum absolute atomic E-state index is 0.0562. The number of aromatic hydroxyl groups is 1. The van der Waals surface area contributed by atoms with Gasteiger partial charge in [0.05, 0.1) is 5.92 Å². The molecule has 0 amide bonds. The number of nitrogens with zero attached hydrogens (tertiary/aromatic N) is 1. The lowest BCUT2D eigenvalue weighted by molar-refractivity contribution is -0.107. The molecule has 1 N–H and O–H groups in total. The lowest BCUT2D eigenvalue weighted by atomic mass is 9.68. The molecule has 143 valence electrons. The summed E-state index contributed by atoms with van der Waals surface area (Å²) in [5.74, 6) is 1.77. The van der Waals surface area contributed by atoms with Crippen molar-refractivity contribution in [1.82, 2.24) is 4.90 Å². The van der Waals surface area contributed by atoms with Crippen LogP contribution in [-0.4, -0.2) is 35.9 Å². The molecule has 0 saturated carbocycles. The number of carbonyl (C=O) groups is 1. The number of hydrogen-bond acceptors (Lipinski definition) is 3. The topological polar surface area (TPSA) is 40.5 Å². The number of piperidine rings is 1. The second-order valence-electron chi connectivity index (χ2n) is 8.12. The third kappa shape index (κ3) is 4.78. The minimum Gasteiger partial charge on any atom is -0.508 e. The number of aryl methyl sites for hydroxylation is 1. The summed E-state index contributed by atoms with van der Waals surface area (Å²) in [4.78, 5) is 14.0. The number of rotatable bonds is 7. The zero-order chi connectivity index (χ0) is 19.3. The van der Waals surface area contributed by atoms with E-state index in [1.54, 1.807) is 6.07 Å². The van der Waals surface area contributed by atoms with E-state index in [9.17, 15) is 9.90 Å². The zero-order valence-electron chi connectivity index (χ0n) is 16.4. The second-order valence-corrected chi connectivity index (χ2v) is 8.12. The standard InChI is InChI=1S/C24H30NO2/c1-19-16-25(14-13-24(19,2)22-9-6-10-23(27)15-22)17-21(18-26)12-11-20-7-4-3-5-8-20/h3-10,15,18-19,27H,11-14,16-17H2,1-2H3. The molecule has 2 atom stereocenters. The molecule has 1 aliphatic heterocycles. The Morgan fingerprint density at radius 3 is 2.67 bits per heavy atom. The molecule has 27 heavy (non-hydrogen) atoms. The van der Waals surface area contributed by atoms with E-state index in [0.29, 0.717) is 11.7 Å². The highest BCUT2D eigenvalue weighted by molar-refractivity contribution is 5.69. The van der Waals surface area contributed by atoms with Crippen LogP contribution in [0.4, 0.5) is 0 Å². The van der Waals surface area contributed by atoms with E-state index in [2.05, 4.69) is 36.9 Å². The van der Waals surface area contributed by atoms with E-state index in [-0.39, 0.29) is 5.41 Å². The van der Waals surface area contributed by atoms with Crippen LogP contribution in [0.5, 0.6) is 5.75 Å². The van der Waals surface area contributed by atoms with Gasteiger partial charge in [-0.1, -0.05) is 56.3 Å². The summed E-state index contributed by atoms with van der Waals surface area (Å²) < 4.78 is 0. The van der Waals surface area contributed by atoms with E-state index in [0.717, 1.165) is 51.1 Å². The first kappa shape index (κ1) is 19.6. The van der Waals surface area contributed by atoms with Gasteiger partial charge in [0.2, 0.25) is 0 Å².